The van der Waals surface area contributed by atoms with Gasteiger partial charge < -0.3 is 10.2 Å². The van der Waals surface area contributed by atoms with Gasteiger partial charge in [0.05, 0.1) is 11.7 Å². The van der Waals surface area contributed by atoms with Crippen molar-refractivity contribution in [2.45, 2.75) is 25.8 Å². The molecular formula is C20H25ClN4O. The molecule has 1 N–H and O–H groups in total. The molecule has 0 saturated carbocycles. The number of benzene rings is 1. The van der Waals surface area contributed by atoms with Crippen molar-refractivity contribution >= 4 is 23.6 Å². The molecule has 1 unspecified atom stereocenters. The normalized spacial score (nSPS) is 16.3. The van der Waals surface area contributed by atoms with E-state index in [-0.39, 0.29) is 11.9 Å². The van der Waals surface area contributed by atoms with Crippen LogP contribution in [0, 0.1) is 6.92 Å². The van der Waals surface area contributed by atoms with Crippen molar-refractivity contribution in [2.75, 3.05) is 19.6 Å². The minimum absolute atomic E-state index is 0.0306. The fraction of sp³-hybridized carbons (Fsp3) is 0.400. The number of aryl methyl sites for hydroxylation is 2. The number of hydrogen-bond acceptors (Lipinski definition) is 3. The first-order valence-corrected chi connectivity index (χ1v) is 9.37. The molecule has 1 aliphatic rings. The van der Waals surface area contributed by atoms with Crippen LogP contribution in [0.15, 0.2) is 36.4 Å². The molecule has 1 saturated heterocycles. The standard InChI is InChI=1S/C20H25ClN4O/c1-15-17(20(21)24(2)23-15)10-11-19(26)22-18(14-25-12-6-7-13-25)16-8-4-3-5-9-16/h3-5,8-11,18H,6-7,12-14H2,1-2H3,(H,22,26)/b11-10+. The van der Waals surface area contributed by atoms with Crippen molar-refractivity contribution in [3.05, 3.63) is 58.4 Å². The maximum Gasteiger partial charge on any atom is 0.244 e. The zero-order chi connectivity index (χ0) is 18.5. The number of amides is 1. The summed E-state index contributed by atoms with van der Waals surface area (Å²) in [6.07, 6.45) is 5.73. The Morgan fingerprint density at radius 1 is 1.31 bits per heavy atom. The van der Waals surface area contributed by atoms with Crippen LogP contribution in [0.5, 0.6) is 0 Å². The van der Waals surface area contributed by atoms with E-state index < -0.39 is 0 Å². The van der Waals surface area contributed by atoms with Crippen LogP contribution in [0.3, 0.4) is 0 Å². The van der Waals surface area contributed by atoms with Gasteiger partial charge in [-0.3, -0.25) is 9.48 Å². The number of aromatic nitrogens is 2. The highest BCUT2D eigenvalue weighted by atomic mass is 35.5. The predicted molar refractivity (Wildman–Crippen MR) is 105 cm³/mol. The number of halogens is 1. The van der Waals surface area contributed by atoms with Crippen LogP contribution in [0.25, 0.3) is 6.08 Å². The van der Waals surface area contributed by atoms with E-state index in [1.165, 1.54) is 18.9 Å². The molecule has 2 aromatic rings. The summed E-state index contributed by atoms with van der Waals surface area (Å²) in [5.74, 6) is -0.127. The molecule has 0 aliphatic carbocycles. The summed E-state index contributed by atoms with van der Waals surface area (Å²) in [5.41, 5.74) is 2.70. The number of likely N-dealkylation sites (tertiary alicyclic amines) is 1. The highest BCUT2D eigenvalue weighted by molar-refractivity contribution is 6.31. The van der Waals surface area contributed by atoms with Crippen molar-refractivity contribution in [1.82, 2.24) is 20.0 Å². The number of nitrogens with zero attached hydrogens (tertiary/aromatic N) is 3. The molecule has 1 aromatic carbocycles. The minimum atomic E-state index is -0.127. The van der Waals surface area contributed by atoms with Crippen molar-refractivity contribution < 1.29 is 4.79 Å². The highest BCUT2D eigenvalue weighted by Gasteiger charge is 2.20. The Hall–Kier alpha value is -2.11. The lowest BCUT2D eigenvalue weighted by atomic mass is 10.1. The molecule has 3 rings (SSSR count). The topological polar surface area (TPSA) is 50.2 Å². The Bertz CT molecular complexity index is 779. The first kappa shape index (κ1) is 18.7. The summed E-state index contributed by atoms with van der Waals surface area (Å²) in [6.45, 7) is 4.90. The third kappa shape index (κ3) is 4.54. The van der Waals surface area contributed by atoms with Crippen LogP contribution in [0.4, 0.5) is 0 Å². The van der Waals surface area contributed by atoms with E-state index in [0.717, 1.165) is 36.5 Å². The van der Waals surface area contributed by atoms with Crippen LogP contribution in [0.1, 0.15) is 35.7 Å². The molecule has 0 spiro atoms. The third-order valence-corrected chi connectivity index (χ3v) is 5.20. The maximum atomic E-state index is 12.5. The van der Waals surface area contributed by atoms with Gasteiger partial charge in [0, 0.05) is 25.2 Å². The van der Waals surface area contributed by atoms with Crippen LogP contribution in [-0.2, 0) is 11.8 Å². The van der Waals surface area contributed by atoms with E-state index in [0.29, 0.717) is 5.15 Å². The van der Waals surface area contributed by atoms with Gasteiger partial charge in [-0.2, -0.15) is 5.10 Å². The van der Waals surface area contributed by atoms with E-state index in [9.17, 15) is 4.79 Å². The number of carbonyl (C=O) groups is 1. The molecule has 1 amide bonds. The smallest absolute Gasteiger partial charge is 0.244 e. The second-order valence-electron chi connectivity index (χ2n) is 6.73. The summed E-state index contributed by atoms with van der Waals surface area (Å²) in [4.78, 5) is 14.9. The quantitative estimate of drug-likeness (QED) is 0.791. The molecule has 0 bridgehead atoms. The lowest BCUT2D eigenvalue weighted by molar-refractivity contribution is -0.117. The van der Waals surface area contributed by atoms with Gasteiger partial charge in [-0.25, -0.2) is 0 Å². The van der Waals surface area contributed by atoms with Crippen molar-refractivity contribution in [1.29, 1.82) is 0 Å². The van der Waals surface area contributed by atoms with Gasteiger partial charge >= 0.3 is 0 Å². The Labute approximate surface area is 159 Å². The van der Waals surface area contributed by atoms with E-state index in [4.69, 9.17) is 11.6 Å². The predicted octanol–water partition coefficient (Wildman–Crippen LogP) is 3.35. The Morgan fingerprint density at radius 3 is 2.62 bits per heavy atom. The molecule has 1 aliphatic heterocycles. The highest BCUT2D eigenvalue weighted by Crippen LogP contribution is 2.21. The van der Waals surface area contributed by atoms with Crippen LogP contribution in [0.2, 0.25) is 5.15 Å². The monoisotopic (exact) mass is 372 g/mol. The molecule has 1 aromatic heterocycles. The van der Waals surface area contributed by atoms with Crippen LogP contribution in [-0.4, -0.2) is 40.2 Å². The van der Waals surface area contributed by atoms with Crippen LogP contribution >= 0.6 is 11.6 Å². The van der Waals surface area contributed by atoms with Gasteiger partial charge in [-0.1, -0.05) is 41.9 Å². The van der Waals surface area contributed by atoms with Crippen molar-refractivity contribution in [3.8, 4) is 0 Å². The summed E-state index contributed by atoms with van der Waals surface area (Å²) in [7, 11) is 1.79. The summed E-state index contributed by atoms with van der Waals surface area (Å²) >= 11 is 6.22. The molecule has 0 radical (unpaired) electrons. The third-order valence-electron chi connectivity index (χ3n) is 4.76. The largest absolute Gasteiger partial charge is 0.344 e. The van der Waals surface area contributed by atoms with Gasteiger partial charge in [-0.05, 0) is 44.5 Å². The van der Waals surface area contributed by atoms with Gasteiger partial charge in [0.1, 0.15) is 5.15 Å². The average molecular weight is 373 g/mol. The lowest BCUT2D eigenvalue weighted by Gasteiger charge is -2.24. The van der Waals surface area contributed by atoms with Crippen molar-refractivity contribution in [3.63, 3.8) is 0 Å². The first-order chi connectivity index (χ1) is 12.5. The fourth-order valence-corrected chi connectivity index (χ4v) is 3.60. The Kier molecular flexibility index (Phi) is 6.12. The summed E-state index contributed by atoms with van der Waals surface area (Å²) in [6, 6.07) is 10.1. The second-order valence-corrected chi connectivity index (χ2v) is 7.08. The Balaban J connectivity index is 1.71. The molecule has 1 fully saturated rings. The average Bonchev–Trinajstić information content (AvgIpc) is 3.22. The molecule has 26 heavy (non-hydrogen) atoms. The van der Waals surface area contributed by atoms with E-state index in [1.54, 1.807) is 17.8 Å². The summed E-state index contributed by atoms with van der Waals surface area (Å²) < 4.78 is 1.61. The van der Waals surface area contributed by atoms with Crippen molar-refractivity contribution in [2.24, 2.45) is 7.05 Å². The fourth-order valence-electron chi connectivity index (χ4n) is 3.36. The minimum Gasteiger partial charge on any atom is -0.344 e. The molecular weight excluding hydrogens is 348 g/mol. The second kappa shape index (κ2) is 8.52. The Morgan fingerprint density at radius 2 is 2.00 bits per heavy atom. The van der Waals surface area contributed by atoms with Gasteiger partial charge in [-0.15, -0.1) is 0 Å². The van der Waals surface area contributed by atoms with Gasteiger partial charge in [0.2, 0.25) is 5.91 Å². The SMILES string of the molecule is Cc1nn(C)c(Cl)c1/C=C/C(=O)NC(CN1CCCC1)c1ccccc1. The van der Waals surface area contributed by atoms with E-state index in [2.05, 4.69) is 27.4 Å². The van der Waals surface area contributed by atoms with E-state index in [1.807, 2.05) is 25.1 Å². The molecule has 6 heteroatoms. The van der Waals surface area contributed by atoms with E-state index >= 15 is 0 Å². The maximum absolute atomic E-state index is 12.5. The first-order valence-electron chi connectivity index (χ1n) is 8.99. The zero-order valence-corrected chi connectivity index (χ0v) is 16.0. The number of nitrogens with one attached hydrogen (secondary N) is 1. The van der Waals surface area contributed by atoms with Gasteiger partial charge in [0.15, 0.2) is 0 Å². The number of carbonyl (C=O) groups excluding carboxylic acids is 1. The number of rotatable bonds is 6. The van der Waals surface area contributed by atoms with Crippen LogP contribution < -0.4 is 5.32 Å². The molecule has 5 nitrogen and oxygen atoms in total. The molecule has 138 valence electrons. The summed E-state index contributed by atoms with van der Waals surface area (Å²) in [5, 5.41) is 7.93. The van der Waals surface area contributed by atoms with Gasteiger partial charge in [0.25, 0.3) is 0 Å². The molecule has 1 atom stereocenters. The number of hydrogen-bond donors (Lipinski definition) is 1. The molecule has 2 heterocycles. The lowest BCUT2D eigenvalue weighted by Crippen LogP contribution is -2.36. The zero-order valence-electron chi connectivity index (χ0n) is 15.3.